The monoisotopic (exact) mass is 651 g/mol. The molecule has 8 aromatic rings. The molecular weight excluding hydrogens is 621 g/mol. The average Bonchev–Trinajstić information content (AvgIpc) is 3.61. The zero-order chi connectivity index (χ0) is 33.7. The summed E-state index contributed by atoms with van der Waals surface area (Å²) >= 11 is 0. The SMILES string of the molecule is c1ccc(-c2cc(-c3cccc(-c4cccc(-c5ccc6c(c5)OB5c7ccccc7-c7ccccc7N56)c4)c3)nc(-c3ccccc3)n2)cc1. The van der Waals surface area contributed by atoms with E-state index in [-0.39, 0.29) is 7.05 Å². The summed E-state index contributed by atoms with van der Waals surface area (Å²) in [4.78, 5) is 12.4. The maximum absolute atomic E-state index is 6.73. The molecule has 0 saturated carbocycles. The number of nitrogens with zero attached hydrogens (tertiary/aromatic N) is 3. The van der Waals surface area contributed by atoms with Gasteiger partial charge in [-0.05, 0) is 69.7 Å². The van der Waals surface area contributed by atoms with Gasteiger partial charge in [-0.25, -0.2) is 9.97 Å². The minimum atomic E-state index is -0.193. The van der Waals surface area contributed by atoms with E-state index in [4.69, 9.17) is 14.6 Å². The quantitative estimate of drug-likeness (QED) is 0.174. The third kappa shape index (κ3) is 5.10. The second-order valence-electron chi connectivity index (χ2n) is 13.0. The van der Waals surface area contributed by atoms with Gasteiger partial charge in [-0.1, -0.05) is 146 Å². The van der Waals surface area contributed by atoms with Crippen LogP contribution in [0.25, 0.3) is 67.3 Å². The molecule has 0 bridgehead atoms. The predicted octanol–water partition coefficient (Wildman–Crippen LogP) is 10.7. The van der Waals surface area contributed by atoms with Crippen LogP contribution in [0.1, 0.15) is 0 Å². The predicted molar refractivity (Wildman–Crippen MR) is 209 cm³/mol. The lowest BCUT2D eigenvalue weighted by Crippen LogP contribution is -2.50. The summed E-state index contributed by atoms with van der Waals surface area (Å²) in [7, 11) is -0.193. The Morgan fingerprint density at radius 3 is 1.69 bits per heavy atom. The van der Waals surface area contributed by atoms with Crippen molar-refractivity contribution in [2.75, 3.05) is 4.81 Å². The summed E-state index contributed by atoms with van der Waals surface area (Å²) in [6.45, 7) is 0. The summed E-state index contributed by atoms with van der Waals surface area (Å²) in [5.74, 6) is 1.60. The first-order valence-corrected chi connectivity index (χ1v) is 17.3. The Morgan fingerprint density at radius 1 is 0.392 bits per heavy atom. The van der Waals surface area contributed by atoms with E-state index in [1.165, 1.54) is 22.3 Å². The van der Waals surface area contributed by atoms with Gasteiger partial charge in [0.05, 0.1) is 17.1 Å². The first-order valence-electron chi connectivity index (χ1n) is 17.3. The maximum Gasteiger partial charge on any atom is 0.524 e. The number of anilines is 2. The number of hydrogen-bond acceptors (Lipinski definition) is 4. The van der Waals surface area contributed by atoms with Gasteiger partial charge in [-0.2, -0.15) is 0 Å². The van der Waals surface area contributed by atoms with Gasteiger partial charge < -0.3 is 9.47 Å². The number of aromatic nitrogens is 2. The van der Waals surface area contributed by atoms with E-state index in [0.29, 0.717) is 5.82 Å². The Bertz CT molecular complexity index is 2530. The number of benzene rings is 7. The van der Waals surface area contributed by atoms with E-state index in [1.54, 1.807) is 0 Å². The molecule has 0 spiro atoms. The van der Waals surface area contributed by atoms with E-state index in [9.17, 15) is 0 Å². The van der Waals surface area contributed by atoms with Crippen molar-refractivity contribution in [3.05, 3.63) is 182 Å². The van der Waals surface area contributed by atoms with Crippen molar-refractivity contribution in [3.63, 3.8) is 0 Å². The molecule has 1 aromatic heterocycles. The van der Waals surface area contributed by atoms with Crippen LogP contribution < -0.4 is 14.9 Å². The third-order valence-electron chi connectivity index (χ3n) is 9.89. The highest BCUT2D eigenvalue weighted by atomic mass is 16.5. The molecule has 0 amide bonds. The average molecular weight is 652 g/mol. The molecule has 10 rings (SSSR count). The summed E-state index contributed by atoms with van der Waals surface area (Å²) in [6.07, 6.45) is 0. The van der Waals surface area contributed by atoms with Crippen LogP contribution in [0.3, 0.4) is 0 Å². The van der Waals surface area contributed by atoms with E-state index < -0.39 is 0 Å². The highest BCUT2D eigenvalue weighted by molar-refractivity contribution is 6.77. The highest BCUT2D eigenvalue weighted by Crippen LogP contribution is 2.48. The van der Waals surface area contributed by atoms with Crippen LogP contribution in [-0.4, -0.2) is 17.0 Å². The smallest absolute Gasteiger partial charge is 0.524 e. The molecule has 2 aliphatic heterocycles. The summed E-state index contributed by atoms with van der Waals surface area (Å²) in [5.41, 5.74) is 15.3. The molecule has 0 N–H and O–H groups in total. The topological polar surface area (TPSA) is 38.2 Å². The van der Waals surface area contributed by atoms with Crippen molar-refractivity contribution in [3.8, 4) is 73.0 Å². The first kappa shape index (κ1) is 29.2. The lowest BCUT2D eigenvalue weighted by molar-refractivity contribution is 0.603. The Balaban J connectivity index is 1.01. The lowest BCUT2D eigenvalue weighted by atomic mass is 9.65. The van der Waals surface area contributed by atoms with Crippen molar-refractivity contribution in [2.45, 2.75) is 0 Å². The van der Waals surface area contributed by atoms with Crippen LogP contribution >= 0.6 is 0 Å². The number of fused-ring (bicyclic) bond motifs is 8. The minimum absolute atomic E-state index is 0.193. The molecule has 0 fully saturated rings. The first-order chi connectivity index (χ1) is 25.3. The Labute approximate surface area is 297 Å². The normalized spacial score (nSPS) is 12.4. The van der Waals surface area contributed by atoms with E-state index in [1.807, 2.05) is 36.4 Å². The zero-order valence-corrected chi connectivity index (χ0v) is 27.6. The van der Waals surface area contributed by atoms with Gasteiger partial charge in [0.15, 0.2) is 5.82 Å². The lowest BCUT2D eigenvalue weighted by Gasteiger charge is -2.31. The third-order valence-corrected chi connectivity index (χ3v) is 9.89. The fourth-order valence-electron chi connectivity index (χ4n) is 7.42. The largest absolute Gasteiger partial charge is 0.536 e. The molecule has 0 saturated heterocycles. The van der Waals surface area contributed by atoms with Gasteiger partial charge >= 0.3 is 7.05 Å². The van der Waals surface area contributed by atoms with Crippen LogP contribution in [-0.2, 0) is 0 Å². The second kappa shape index (κ2) is 12.0. The molecule has 0 unspecified atom stereocenters. The van der Waals surface area contributed by atoms with Crippen molar-refractivity contribution in [1.29, 1.82) is 0 Å². The van der Waals surface area contributed by atoms with E-state index in [2.05, 4.69) is 150 Å². The van der Waals surface area contributed by atoms with E-state index in [0.717, 1.165) is 61.8 Å². The molecule has 3 heterocycles. The molecule has 4 nitrogen and oxygen atoms in total. The fraction of sp³-hybridized carbons (Fsp3) is 0. The van der Waals surface area contributed by atoms with Crippen LogP contribution in [0.2, 0.25) is 0 Å². The van der Waals surface area contributed by atoms with Crippen molar-refractivity contribution in [1.82, 2.24) is 9.97 Å². The van der Waals surface area contributed by atoms with Crippen LogP contribution in [0.15, 0.2) is 182 Å². The van der Waals surface area contributed by atoms with Gasteiger partial charge in [0.1, 0.15) is 5.75 Å². The molecule has 7 aromatic carbocycles. The second-order valence-corrected chi connectivity index (χ2v) is 13.0. The van der Waals surface area contributed by atoms with Crippen molar-refractivity contribution >= 4 is 23.9 Å². The van der Waals surface area contributed by atoms with Gasteiger partial charge in [-0.15, -0.1) is 0 Å². The van der Waals surface area contributed by atoms with Crippen LogP contribution in [0, 0.1) is 0 Å². The summed E-state index contributed by atoms with van der Waals surface area (Å²) in [6, 6.07) is 63.7. The molecule has 0 aliphatic carbocycles. The molecule has 2 aliphatic rings. The molecule has 238 valence electrons. The molecule has 0 radical (unpaired) electrons. The van der Waals surface area contributed by atoms with Crippen LogP contribution in [0.5, 0.6) is 5.75 Å². The number of hydrogen-bond donors (Lipinski definition) is 0. The minimum Gasteiger partial charge on any atom is -0.536 e. The molecule has 5 heteroatoms. The van der Waals surface area contributed by atoms with Gasteiger partial charge in [0.2, 0.25) is 0 Å². The maximum atomic E-state index is 6.73. The summed E-state index contributed by atoms with van der Waals surface area (Å²) in [5, 5.41) is 0. The van der Waals surface area contributed by atoms with Crippen molar-refractivity contribution < 1.29 is 4.65 Å². The molecule has 0 atom stereocenters. The summed E-state index contributed by atoms with van der Waals surface area (Å²) < 4.78 is 6.73. The van der Waals surface area contributed by atoms with E-state index >= 15 is 0 Å². The fourth-order valence-corrected chi connectivity index (χ4v) is 7.42. The van der Waals surface area contributed by atoms with Crippen LogP contribution in [0.4, 0.5) is 11.4 Å². The highest BCUT2D eigenvalue weighted by Gasteiger charge is 2.44. The van der Waals surface area contributed by atoms with Crippen molar-refractivity contribution in [2.24, 2.45) is 0 Å². The Hall–Kier alpha value is -6.72. The van der Waals surface area contributed by atoms with Gasteiger partial charge in [0.25, 0.3) is 0 Å². The molecular formula is C46H30BN3O. The van der Waals surface area contributed by atoms with Gasteiger partial charge in [0, 0.05) is 27.9 Å². The molecule has 51 heavy (non-hydrogen) atoms. The number of rotatable bonds is 5. The zero-order valence-electron chi connectivity index (χ0n) is 27.6. The van der Waals surface area contributed by atoms with Gasteiger partial charge in [-0.3, -0.25) is 0 Å². The standard InChI is InChI=1S/C46H30BN3O/c1-3-13-31(14-4-1)41-30-42(49-46(48-41)32-15-5-2-6-16-32)37-20-12-19-35(28-37)33-17-11-18-34(27-33)36-25-26-44-45(29-36)51-47-40-23-9-7-21-38(40)39-22-8-10-24-43(39)50(44)47/h1-30H. The number of para-hydroxylation sites is 1. The Kier molecular flexibility index (Phi) is 6.88. The Morgan fingerprint density at radius 2 is 0.941 bits per heavy atom.